The van der Waals surface area contributed by atoms with E-state index in [0.29, 0.717) is 6.61 Å². The molecular weight excluding hydrogens is 252 g/mol. The molecule has 0 fully saturated rings. The molecule has 0 aliphatic carbocycles. The minimum absolute atomic E-state index is 0. The molecule has 0 aliphatic rings. The Morgan fingerprint density at radius 2 is 1.83 bits per heavy atom. The zero-order valence-electron chi connectivity index (χ0n) is 10.8. The van der Waals surface area contributed by atoms with Crippen LogP contribution in [0.2, 0.25) is 0 Å². The van der Waals surface area contributed by atoms with Crippen molar-refractivity contribution in [2.75, 3.05) is 6.61 Å². The topological polar surface area (TPSA) is 55.8 Å². The van der Waals surface area contributed by atoms with Crippen molar-refractivity contribution in [1.29, 1.82) is 0 Å². The number of rotatable bonds is 5. The largest absolute Gasteiger partial charge is 0.508 e. The van der Waals surface area contributed by atoms with E-state index in [1.54, 1.807) is 38.1 Å². The minimum atomic E-state index is -0.598. The van der Waals surface area contributed by atoms with Gasteiger partial charge in [0.15, 0.2) is 6.10 Å². The Labute approximate surface area is 114 Å². The van der Waals surface area contributed by atoms with Crippen molar-refractivity contribution in [1.82, 2.24) is 0 Å². The van der Waals surface area contributed by atoms with Crippen LogP contribution >= 0.6 is 13.5 Å². The van der Waals surface area contributed by atoms with Crippen molar-refractivity contribution in [2.24, 2.45) is 0 Å². The molecule has 0 bridgehead atoms. The van der Waals surface area contributed by atoms with E-state index in [0.717, 1.165) is 5.56 Å². The van der Waals surface area contributed by atoms with Crippen LogP contribution in [0.5, 0.6) is 5.75 Å². The smallest absolute Gasteiger partial charge is 0.334 e. The highest BCUT2D eigenvalue weighted by molar-refractivity contribution is 7.59. The quantitative estimate of drug-likeness (QED) is 0.837. The van der Waals surface area contributed by atoms with Crippen molar-refractivity contribution in [3.8, 4) is 5.75 Å². The summed E-state index contributed by atoms with van der Waals surface area (Å²) in [5.74, 6) is -0.155. The highest BCUT2D eigenvalue weighted by atomic mass is 32.1. The zero-order chi connectivity index (χ0) is 12.8. The Hall–Kier alpha value is -1.20. The third kappa shape index (κ3) is 4.98. The summed E-state index contributed by atoms with van der Waals surface area (Å²) >= 11 is 0. The van der Waals surface area contributed by atoms with E-state index in [2.05, 4.69) is 0 Å². The number of ether oxygens (including phenoxy) is 2. The van der Waals surface area contributed by atoms with Gasteiger partial charge in [-0.2, -0.15) is 13.5 Å². The van der Waals surface area contributed by atoms with Crippen LogP contribution in [0, 0.1) is 0 Å². The zero-order valence-corrected chi connectivity index (χ0v) is 11.8. The Kier molecular flexibility index (Phi) is 7.47. The van der Waals surface area contributed by atoms with Crippen LogP contribution in [0.4, 0.5) is 0 Å². The normalized spacial score (nSPS) is 13.3. The van der Waals surface area contributed by atoms with Crippen molar-refractivity contribution >= 4 is 19.5 Å². The van der Waals surface area contributed by atoms with E-state index in [-0.39, 0.29) is 31.3 Å². The van der Waals surface area contributed by atoms with Gasteiger partial charge in [-0.1, -0.05) is 12.1 Å². The van der Waals surface area contributed by atoms with E-state index in [1.807, 2.05) is 6.92 Å². The van der Waals surface area contributed by atoms with Gasteiger partial charge < -0.3 is 14.6 Å². The maximum absolute atomic E-state index is 11.4. The number of phenols is 1. The number of carbonyl (C=O) groups is 1. The summed E-state index contributed by atoms with van der Waals surface area (Å²) in [4.78, 5) is 11.4. The molecule has 18 heavy (non-hydrogen) atoms. The Morgan fingerprint density at radius 1 is 1.28 bits per heavy atom. The van der Waals surface area contributed by atoms with Gasteiger partial charge in [-0.15, -0.1) is 0 Å². The van der Waals surface area contributed by atoms with Crippen LogP contribution in [0.25, 0.3) is 0 Å². The number of phenolic OH excluding ortho intramolecular Hbond substituents is 1. The van der Waals surface area contributed by atoms with Crippen molar-refractivity contribution < 1.29 is 19.4 Å². The molecule has 0 spiro atoms. The van der Waals surface area contributed by atoms with Crippen molar-refractivity contribution in [3.05, 3.63) is 29.8 Å². The summed E-state index contributed by atoms with van der Waals surface area (Å²) in [5, 5.41) is 9.16. The molecule has 1 N–H and O–H groups in total. The second kappa shape index (κ2) is 8.00. The van der Waals surface area contributed by atoms with Gasteiger partial charge >= 0.3 is 5.97 Å². The molecule has 1 aromatic carbocycles. The Balaban J connectivity index is 0.00000289. The molecule has 0 amide bonds. The molecule has 1 rings (SSSR count). The van der Waals surface area contributed by atoms with Crippen LogP contribution in [-0.2, 0) is 14.3 Å². The van der Waals surface area contributed by atoms with Crippen molar-refractivity contribution in [2.45, 2.75) is 33.0 Å². The predicted molar refractivity (Wildman–Crippen MR) is 74.1 cm³/mol. The summed E-state index contributed by atoms with van der Waals surface area (Å²) in [6.07, 6.45) is -0.825. The number of esters is 1. The van der Waals surface area contributed by atoms with Gasteiger partial charge in [0, 0.05) is 0 Å². The molecule has 0 heterocycles. The maximum Gasteiger partial charge on any atom is 0.334 e. The molecule has 0 saturated heterocycles. The second-order valence-corrected chi connectivity index (χ2v) is 3.76. The van der Waals surface area contributed by atoms with E-state index in [4.69, 9.17) is 14.6 Å². The van der Waals surface area contributed by atoms with E-state index < -0.39 is 6.10 Å². The standard InChI is InChI=1S/C13H18O4.H2S/c1-4-16-13(15)10(3)17-9(2)11-5-7-12(14)8-6-11;/h5-10,14H,4H2,1-3H3;1H2/t9-,10+;/m1./s1. The molecule has 2 atom stereocenters. The number of carbonyl (C=O) groups excluding carboxylic acids is 1. The van der Waals surface area contributed by atoms with Gasteiger partial charge in [-0.3, -0.25) is 0 Å². The Morgan fingerprint density at radius 3 is 2.33 bits per heavy atom. The lowest BCUT2D eigenvalue weighted by atomic mass is 10.1. The lowest BCUT2D eigenvalue weighted by Crippen LogP contribution is -2.24. The van der Waals surface area contributed by atoms with Crippen LogP contribution in [0.3, 0.4) is 0 Å². The lowest BCUT2D eigenvalue weighted by Gasteiger charge is -2.18. The molecule has 0 radical (unpaired) electrons. The average Bonchev–Trinajstić information content (AvgIpc) is 2.30. The molecule has 102 valence electrons. The molecule has 5 heteroatoms. The summed E-state index contributed by atoms with van der Waals surface area (Å²) in [5.41, 5.74) is 0.902. The first-order chi connectivity index (χ1) is 8.04. The fourth-order valence-corrected chi connectivity index (χ4v) is 1.45. The SMILES string of the molecule is CCOC(=O)[C@H](C)O[C@H](C)c1ccc(O)cc1.S. The third-order valence-corrected chi connectivity index (χ3v) is 2.39. The van der Waals surface area contributed by atoms with E-state index in [1.165, 1.54) is 0 Å². The molecule has 0 unspecified atom stereocenters. The molecule has 0 saturated carbocycles. The van der Waals surface area contributed by atoms with Gasteiger partial charge in [-0.05, 0) is 38.5 Å². The summed E-state index contributed by atoms with van der Waals surface area (Å²) in [6, 6.07) is 6.70. The van der Waals surface area contributed by atoms with Crippen LogP contribution in [0.1, 0.15) is 32.4 Å². The minimum Gasteiger partial charge on any atom is -0.508 e. The van der Waals surface area contributed by atoms with Gasteiger partial charge in [0.25, 0.3) is 0 Å². The van der Waals surface area contributed by atoms with E-state index >= 15 is 0 Å². The summed E-state index contributed by atoms with van der Waals surface area (Å²) in [7, 11) is 0. The highest BCUT2D eigenvalue weighted by Crippen LogP contribution is 2.21. The predicted octanol–water partition coefficient (Wildman–Crippen LogP) is 2.53. The lowest BCUT2D eigenvalue weighted by molar-refractivity contribution is -0.158. The monoisotopic (exact) mass is 272 g/mol. The molecule has 4 nitrogen and oxygen atoms in total. The number of hydrogen-bond acceptors (Lipinski definition) is 4. The highest BCUT2D eigenvalue weighted by Gasteiger charge is 2.18. The third-order valence-electron chi connectivity index (χ3n) is 2.39. The van der Waals surface area contributed by atoms with Gasteiger partial charge in [0.2, 0.25) is 0 Å². The molecule has 0 aromatic heterocycles. The van der Waals surface area contributed by atoms with Crippen LogP contribution in [-0.4, -0.2) is 23.8 Å². The number of hydrogen-bond donors (Lipinski definition) is 1. The first-order valence-electron chi connectivity index (χ1n) is 5.65. The molecule has 0 aliphatic heterocycles. The van der Waals surface area contributed by atoms with Crippen molar-refractivity contribution in [3.63, 3.8) is 0 Å². The fourth-order valence-electron chi connectivity index (χ4n) is 1.45. The first kappa shape index (κ1) is 16.8. The number of benzene rings is 1. The molecule has 1 aromatic rings. The van der Waals surface area contributed by atoms with Gasteiger partial charge in [0.05, 0.1) is 12.7 Å². The summed E-state index contributed by atoms with van der Waals surface area (Å²) in [6.45, 7) is 5.62. The molecular formula is C13H20O4S. The van der Waals surface area contributed by atoms with Crippen LogP contribution < -0.4 is 0 Å². The second-order valence-electron chi connectivity index (χ2n) is 3.76. The first-order valence-corrected chi connectivity index (χ1v) is 5.65. The fraction of sp³-hybridized carbons (Fsp3) is 0.462. The maximum atomic E-state index is 11.4. The summed E-state index contributed by atoms with van der Waals surface area (Å²) < 4.78 is 10.4. The average molecular weight is 272 g/mol. The number of aromatic hydroxyl groups is 1. The van der Waals surface area contributed by atoms with Gasteiger partial charge in [-0.25, -0.2) is 4.79 Å². The van der Waals surface area contributed by atoms with E-state index in [9.17, 15) is 4.79 Å². The van der Waals surface area contributed by atoms with Gasteiger partial charge in [0.1, 0.15) is 5.75 Å². The van der Waals surface area contributed by atoms with Crippen LogP contribution in [0.15, 0.2) is 24.3 Å². The Bertz CT molecular complexity index is 364.